The van der Waals surface area contributed by atoms with Gasteiger partial charge in [0.1, 0.15) is 0 Å². The molecule has 0 spiro atoms. The number of esters is 1. The predicted molar refractivity (Wildman–Crippen MR) is 58.8 cm³/mol. The fraction of sp³-hybridized carbons (Fsp3) is 0. The molecule has 2 rings (SSSR count). The lowest BCUT2D eigenvalue weighted by Gasteiger charge is -2.13. The van der Waals surface area contributed by atoms with Crippen molar-refractivity contribution < 1.29 is 14.3 Å². The summed E-state index contributed by atoms with van der Waals surface area (Å²) in [6.45, 7) is 0. The number of anilines is 1. The van der Waals surface area contributed by atoms with E-state index in [-0.39, 0.29) is 10.4 Å². The van der Waals surface area contributed by atoms with Gasteiger partial charge >= 0.3 is 11.9 Å². The van der Waals surface area contributed by atoms with E-state index in [0.29, 0.717) is 5.69 Å². The molecule has 0 aromatic heterocycles. The Labute approximate surface area is 101 Å². The van der Waals surface area contributed by atoms with Gasteiger partial charge in [0.15, 0.2) is 4.49 Å². The second-order valence-corrected chi connectivity index (χ2v) is 3.88. The van der Waals surface area contributed by atoms with Crippen LogP contribution in [-0.2, 0) is 14.3 Å². The number of hydrogen-bond donors (Lipinski definition) is 0. The molecule has 1 heterocycles. The normalized spacial score (nSPS) is 15.4. The standard InChI is InChI=1S/C10H5Cl2NO3/c11-7(12)9-13(8(14)10(15)16-9)6-4-2-1-3-5-6/h1-5H. The first-order valence-electron chi connectivity index (χ1n) is 4.28. The predicted octanol–water partition coefficient (Wildman–Crippen LogP) is 2.18. The van der Waals surface area contributed by atoms with Gasteiger partial charge in [0.25, 0.3) is 0 Å². The van der Waals surface area contributed by atoms with Crippen molar-refractivity contribution in [2.45, 2.75) is 0 Å². The van der Waals surface area contributed by atoms with Crippen LogP contribution < -0.4 is 4.90 Å². The first-order valence-corrected chi connectivity index (χ1v) is 5.03. The lowest BCUT2D eigenvalue weighted by Crippen LogP contribution is -2.26. The van der Waals surface area contributed by atoms with Crippen molar-refractivity contribution >= 4 is 40.8 Å². The first kappa shape index (κ1) is 11.0. The van der Waals surface area contributed by atoms with Gasteiger partial charge in [-0.25, -0.2) is 9.69 Å². The number of amides is 1. The summed E-state index contributed by atoms with van der Waals surface area (Å²) in [4.78, 5) is 23.7. The van der Waals surface area contributed by atoms with E-state index >= 15 is 0 Å². The molecule has 1 amide bonds. The van der Waals surface area contributed by atoms with Crippen LogP contribution >= 0.6 is 23.2 Å². The molecule has 0 aliphatic carbocycles. The summed E-state index contributed by atoms with van der Waals surface area (Å²) in [5.41, 5.74) is 0.465. The Morgan fingerprint density at radius 3 is 2.31 bits per heavy atom. The Kier molecular flexibility index (Phi) is 2.85. The Morgan fingerprint density at radius 2 is 1.75 bits per heavy atom. The van der Waals surface area contributed by atoms with Gasteiger partial charge in [0.05, 0.1) is 5.69 Å². The molecule has 4 nitrogen and oxygen atoms in total. The Bertz CT molecular complexity index is 480. The lowest BCUT2D eigenvalue weighted by molar-refractivity contribution is -0.145. The van der Waals surface area contributed by atoms with Gasteiger partial charge < -0.3 is 4.74 Å². The summed E-state index contributed by atoms with van der Waals surface area (Å²) < 4.78 is 4.38. The monoisotopic (exact) mass is 257 g/mol. The number of rotatable bonds is 1. The molecule has 0 unspecified atom stereocenters. The molecule has 0 N–H and O–H groups in total. The average Bonchev–Trinajstić information content (AvgIpc) is 2.57. The highest BCUT2D eigenvalue weighted by atomic mass is 35.5. The van der Waals surface area contributed by atoms with Gasteiger partial charge in [-0.15, -0.1) is 0 Å². The molecule has 0 radical (unpaired) electrons. The zero-order chi connectivity index (χ0) is 11.7. The van der Waals surface area contributed by atoms with Crippen LogP contribution in [0.15, 0.2) is 40.7 Å². The fourth-order valence-corrected chi connectivity index (χ4v) is 1.54. The molecular formula is C10H5Cl2NO3. The van der Waals surface area contributed by atoms with Crippen LogP contribution in [0.3, 0.4) is 0 Å². The van der Waals surface area contributed by atoms with Crippen LogP contribution in [0.4, 0.5) is 5.69 Å². The van der Waals surface area contributed by atoms with E-state index in [9.17, 15) is 9.59 Å². The number of nitrogens with zero attached hydrogens (tertiary/aromatic N) is 1. The summed E-state index contributed by atoms with van der Waals surface area (Å²) in [6.07, 6.45) is 0. The van der Waals surface area contributed by atoms with Crippen LogP contribution in [0.5, 0.6) is 0 Å². The van der Waals surface area contributed by atoms with Crippen molar-refractivity contribution in [2.75, 3.05) is 4.90 Å². The summed E-state index contributed by atoms with van der Waals surface area (Å²) in [6, 6.07) is 8.47. The molecular weight excluding hydrogens is 253 g/mol. The van der Waals surface area contributed by atoms with E-state index in [0.717, 1.165) is 4.90 Å². The topological polar surface area (TPSA) is 46.6 Å². The highest BCUT2D eigenvalue weighted by Crippen LogP contribution is 2.30. The van der Waals surface area contributed by atoms with E-state index < -0.39 is 11.9 Å². The van der Waals surface area contributed by atoms with Gasteiger partial charge in [-0.05, 0) is 12.1 Å². The molecule has 0 atom stereocenters. The summed E-state index contributed by atoms with van der Waals surface area (Å²) in [7, 11) is 0. The molecule has 1 aromatic rings. The highest BCUT2D eigenvalue weighted by molar-refractivity contribution is 6.57. The van der Waals surface area contributed by atoms with E-state index in [2.05, 4.69) is 4.74 Å². The van der Waals surface area contributed by atoms with E-state index in [4.69, 9.17) is 23.2 Å². The zero-order valence-electron chi connectivity index (χ0n) is 7.81. The number of cyclic esters (lactones) is 1. The van der Waals surface area contributed by atoms with Crippen molar-refractivity contribution in [1.82, 2.24) is 0 Å². The molecule has 16 heavy (non-hydrogen) atoms. The third-order valence-electron chi connectivity index (χ3n) is 1.95. The smallest absolute Gasteiger partial charge is 0.399 e. The second kappa shape index (κ2) is 4.15. The van der Waals surface area contributed by atoms with Crippen molar-refractivity contribution in [3.63, 3.8) is 0 Å². The van der Waals surface area contributed by atoms with Crippen LogP contribution in [-0.4, -0.2) is 11.9 Å². The van der Waals surface area contributed by atoms with E-state index in [1.54, 1.807) is 30.3 Å². The van der Waals surface area contributed by atoms with Crippen LogP contribution in [0.25, 0.3) is 0 Å². The molecule has 1 aromatic carbocycles. The Hall–Kier alpha value is -1.52. The number of carbonyl (C=O) groups excluding carboxylic acids is 2. The number of para-hydroxylation sites is 1. The third-order valence-corrected chi connectivity index (χ3v) is 2.27. The van der Waals surface area contributed by atoms with Gasteiger partial charge in [-0.1, -0.05) is 41.4 Å². The molecule has 6 heteroatoms. The van der Waals surface area contributed by atoms with Gasteiger partial charge in [-0.3, -0.25) is 4.79 Å². The first-order chi connectivity index (χ1) is 7.61. The number of halogens is 2. The van der Waals surface area contributed by atoms with Crippen LogP contribution in [0.1, 0.15) is 0 Å². The second-order valence-electron chi connectivity index (χ2n) is 2.93. The van der Waals surface area contributed by atoms with Crippen molar-refractivity contribution in [1.29, 1.82) is 0 Å². The van der Waals surface area contributed by atoms with Gasteiger partial charge in [0.2, 0.25) is 5.88 Å². The lowest BCUT2D eigenvalue weighted by atomic mass is 10.3. The van der Waals surface area contributed by atoms with Crippen molar-refractivity contribution in [3.05, 3.63) is 40.7 Å². The number of ether oxygens (including phenoxy) is 1. The molecule has 1 fully saturated rings. The molecule has 0 saturated carbocycles. The minimum atomic E-state index is -1.00. The van der Waals surface area contributed by atoms with Gasteiger partial charge in [0, 0.05) is 0 Å². The quantitative estimate of drug-likeness (QED) is 0.573. The molecule has 1 aliphatic heterocycles. The van der Waals surface area contributed by atoms with Crippen molar-refractivity contribution in [3.8, 4) is 0 Å². The summed E-state index contributed by atoms with van der Waals surface area (Å²) in [5.74, 6) is -1.98. The maximum Gasteiger partial charge on any atom is 0.404 e. The molecule has 0 bridgehead atoms. The SMILES string of the molecule is O=C1OC(=C(Cl)Cl)N(c2ccccc2)C1=O. The van der Waals surface area contributed by atoms with Gasteiger partial charge in [-0.2, -0.15) is 0 Å². The number of carbonyl (C=O) groups is 2. The minimum Gasteiger partial charge on any atom is -0.399 e. The third kappa shape index (κ3) is 1.77. The van der Waals surface area contributed by atoms with E-state index in [1.807, 2.05) is 0 Å². The molecule has 1 saturated heterocycles. The maximum absolute atomic E-state index is 11.5. The van der Waals surface area contributed by atoms with Crippen LogP contribution in [0.2, 0.25) is 0 Å². The minimum absolute atomic E-state index is 0.162. The van der Waals surface area contributed by atoms with Crippen LogP contribution in [0, 0.1) is 0 Å². The van der Waals surface area contributed by atoms with E-state index in [1.165, 1.54) is 0 Å². The zero-order valence-corrected chi connectivity index (χ0v) is 9.33. The largest absolute Gasteiger partial charge is 0.404 e. The maximum atomic E-state index is 11.5. The molecule has 82 valence electrons. The summed E-state index contributed by atoms with van der Waals surface area (Å²) >= 11 is 11.1. The number of benzene rings is 1. The van der Waals surface area contributed by atoms with Crippen molar-refractivity contribution in [2.24, 2.45) is 0 Å². The summed E-state index contributed by atoms with van der Waals surface area (Å²) in [5, 5.41) is 0. The Balaban J connectivity index is 2.50. The fourth-order valence-electron chi connectivity index (χ4n) is 1.30. The Morgan fingerprint density at radius 1 is 1.12 bits per heavy atom. The number of hydrogen-bond acceptors (Lipinski definition) is 3. The molecule has 1 aliphatic rings. The average molecular weight is 258 g/mol. The highest BCUT2D eigenvalue weighted by Gasteiger charge is 2.39.